The Morgan fingerprint density at radius 3 is 2.74 bits per heavy atom. The molecule has 182 valence electrons. The van der Waals surface area contributed by atoms with Crippen molar-refractivity contribution >= 4 is 0 Å². The summed E-state index contributed by atoms with van der Waals surface area (Å²) in [7, 11) is 1.53. The van der Waals surface area contributed by atoms with Crippen LogP contribution in [0.5, 0.6) is 5.88 Å². The van der Waals surface area contributed by atoms with E-state index in [1.54, 1.807) is 30.1 Å². The number of alkyl halides is 3. The Labute approximate surface area is 201 Å². The highest BCUT2D eigenvalue weighted by atomic mass is 19.4. The van der Waals surface area contributed by atoms with E-state index >= 15 is 0 Å². The molecule has 4 heterocycles. The minimum atomic E-state index is -4.59. The molecule has 10 heteroatoms. The van der Waals surface area contributed by atoms with Crippen LogP contribution in [0.3, 0.4) is 0 Å². The number of rotatable bonds is 6. The highest BCUT2D eigenvalue weighted by Gasteiger charge is 2.36. The van der Waals surface area contributed by atoms with E-state index in [4.69, 9.17) is 11.2 Å². The second-order valence-corrected chi connectivity index (χ2v) is 8.25. The Morgan fingerprint density at radius 1 is 1.31 bits per heavy atom. The molecule has 0 spiro atoms. The number of aromatic nitrogens is 6. The summed E-state index contributed by atoms with van der Waals surface area (Å²) in [6.07, 6.45) is 8.76. The third-order valence-electron chi connectivity index (χ3n) is 5.82. The van der Waals surface area contributed by atoms with Crippen molar-refractivity contribution in [1.82, 2.24) is 29.3 Å². The van der Waals surface area contributed by atoms with Crippen LogP contribution < -0.4 is 4.74 Å². The highest BCUT2D eigenvalue weighted by molar-refractivity contribution is 5.55. The molecule has 1 aliphatic rings. The van der Waals surface area contributed by atoms with Crippen LogP contribution in [0.15, 0.2) is 48.0 Å². The van der Waals surface area contributed by atoms with Gasteiger partial charge in [-0.1, -0.05) is 18.1 Å². The molecule has 35 heavy (non-hydrogen) atoms. The lowest BCUT2D eigenvalue weighted by Gasteiger charge is -2.23. The van der Waals surface area contributed by atoms with Gasteiger partial charge in [-0.25, -0.2) is 19.6 Å². The molecule has 0 aliphatic carbocycles. The van der Waals surface area contributed by atoms with Gasteiger partial charge >= 0.3 is 6.18 Å². The summed E-state index contributed by atoms with van der Waals surface area (Å²) in [5, 5.41) is 4.59. The molecule has 1 aliphatic heterocycles. The molecular formula is C25H25F3N6O. The number of imidazole rings is 1. The van der Waals surface area contributed by atoms with E-state index in [9.17, 15) is 13.2 Å². The Hall–Kier alpha value is -3.87. The molecule has 0 saturated heterocycles. The van der Waals surface area contributed by atoms with Crippen molar-refractivity contribution in [2.75, 3.05) is 7.11 Å². The first-order valence-electron chi connectivity index (χ1n) is 11.2. The predicted octanol–water partition coefficient (Wildman–Crippen LogP) is 5.18. The molecular weight excluding hydrogens is 457 g/mol. The van der Waals surface area contributed by atoms with Gasteiger partial charge in [0.2, 0.25) is 5.88 Å². The van der Waals surface area contributed by atoms with Crippen molar-refractivity contribution in [3.05, 3.63) is 59.5 Å². The second kappa shape index (κ2) is 9.78. The van der Waals surface area contributed by atoms with E-state index < -0.39 is 11.7 Å². The van der Waals surface area contributed by atoms with Crippen molar-refractivity contribution in [2.24, 2.45) is 0 Å². The molecule has 3 aromatic rings. The molecule has 0 aromatic carbocycles. The minimum Gasteiger partial charge on any atom is -0.479 e. The Kier molecular flexibility index (Phi) is 6.78. The van der Waals surface area contributed by atoms with Crippen LogP contribution in [-0.4, -0.2) is 42.6 Å². The van der Waals surface area contributed by atoms with Crippen LogP contribution in [0.25, 0.3) is 17.2 Å². The van der Waals surface area contributed by atoms with E-state index in [2.05, 4.69) is 20.1 Å². The number of aryl methyl sites for hydroxylation is 2. The first kappa shape index (κ1) is 24.3. The first-order valence-corrected chi connectivity index (χ1v) is 11.2. The van der Waals surface area contributed by atoms with Gasteiger partial charge < -0.3 is 9.30 Å². The molecule has 0 saturated carbocycles. The molecule has 0 radical (unpaired) electrons. The zero-order chi connectivity index (χ0) is 25.2. The maximum absolute atomic E-state index is 13.5. The monoisotopic (exact) mass is 482 g/mol. The van der Waals surface area contributed by atoms with E-state index in [0.29, 0.717) is 41.9 Å². The predicted molar refractivity (Wildman–Crippen MR) is 125 cm³/mol. The fraction of sp³-hybridized carbons (Fsp3) is 0.360. The molecule has 0 amide bonds. The van der Waals surface area contributed by atoms with E-state index in [1.165, 1.54) is 13.2 Å². The summed E-state index contributed by atoms with van der Waals surface area (Å²) in [4.78, 5) is 13.5. The molecule has 0 bridgehead atoms. The fourth-order valence-electron chi connectivity index (χ4n) is 4.27. The number of allylic oxidation sites excluding steroid dienone is 4. The van der Waals surface area contributed by atoms with Crippen LogP contribution in [0.2, 0.25) is 0 Å². The van der Waals surface area contributed by atoms with Crippen molar-refractivity contribution in [3.8, 4) is 35.4 Å². The fourth-order valence-corrected chi connectivity index (χ4v) is 4.27. The lowest BCUT2D eigenvalue weighted by Crippen LogP contribution is -2.19. The van der Waals surface area contributed by atoms with Crippen molar-refractivity contribution in [1.29, 1.82) is 0 Å². The smallest absolute Gasteiger partial charge is 0.424 e. The van der Waals surface area contributed by atoms with Gasteiger partial charge in [0.1, 0.15) is 22.8 Å². The van der Waals surface area contributed by atoms with Crippen LogP contribution in [-0.2, 0) is 6.54 Å². The maximum atomic E-state index is 13.5. The lowest BCUT2D eigenvalue weighted by molar-refractivity contribution is -0.0879. The van der Waals surface area contributed by atoms with Crippen LogP contribution >= 0.6 is 0 Å². The standard InChI is InChI=1S/C25H25F3N6O/c1-5-8-17(19(6-2)25(26,27)28)13-18-9-7-12-34-23(18)31-22(32-34)20-10-11-21(24(30-20)35-4)33-14-16(3)29-15-33/h2,5,8,10-11,14-15,18H,7,9,12-13H2,1,3-4H3/b8-5-,19-17-/t18-/m0/s1. The molecule has 0 unspecified atom stereocenters. The van der Waals surface area contributed by atoms with Crippen LogP contribution in [0, 0.1) is 19.3 Å². The molecule has 7 nitrogen and oxygen atoms in total. The largest absolute Gasteiger partial charge is 0.479 e. The average molecular weight is 483 g/mol. The number of nitrogens with zero attached hydrogens (tertiary/aromatic N) is 6. The molecule has 1 atom stereocenters. The molecule has 0 fully saturated rings. The van der Waals surface area contributed by atoms with Gasteiger partial charge in [0.15, 0.2) is 5.82 Å². The van der Waals surface area contributed by atoms with Gasteiger partial charge in [-0.05, 0) is 50.8 Å². The van der Waals surface area contributed by atoms with Gasteiger partial charge in [0.25, 0.3) is 0 Å². The number of hydrogen-bond donors (Lipinski definition) is 0. The van der Waals surface area contributed by atoms with Crippen LogP contribution in [0.1, 0.15) is 43.6 Å². The summed E-state index contributed by atoms with van der Waals surface area (Å²) in [6.45, 7) is 4.19. The normalized spacial score (nSPS) is 16.7. The van der Waals surface area contributed by atoms with Gasteiger partial charge in [0.05, 0.1) is 19.1 Å². The van der Waals surface area contributed by atoms with Crippen molar-refractivity contribution in [3.63, 3.8) is 0 Å². The highest BCUT2D eigenvalue weighted by Crippen LogP contribution is 2.37. The molecule has 0 N–H and O–H groups in total. The van der Waals surface area contributed by atoms with Gasteiger partial charge in [-0.2, -0.15) is 13.2 Å². The number of ether oxygens (including phenoxy) is 1. The van der Waals surface area contributed by atoms with Crippen molar-refractivity contribution < 1.29 is 17.9 Å². The summed E-state index contributed by atoms with van der Waals surface area (Å²) >= 11 is 0. The topological polar surface area (TPSA) is 70.7 Å². The minimum absolute atomic E-state index is 0.0743. The van der Waals surface area contributed by atoms with Gasteiger partial charge in [-0.15, -0.1) is 11.5 Å². The number of terminal acetylenes is 1. The maximum Gasteiger partial charge on any atom is 0.424 e. The van der Waals surface area contributed by atoms with Gasteiger partial charge in [0, 0.05) is 18.7 Å². The SMILES string of the molecule is C#C/C(=C(\C=C/C)C[C@@H]1CCCn2nc(-c3ccc(-n4cnc(C)c4)c(OC)n3)nc21)C(F)(F)F. The Bertz CT molecular complexity index is 1330. The van der Waals surface area contributed by atoms with E-state index in [1.807, 2.05) is 29.7 Å². The number of hydrogen-bond acceptors (Lipinski definition) is 5. The number of fused-ring (bicyclic) bond motifs is 1. The zero-order valence-electron chi connectivity index (χ0n) is 19.7. The number of halogens is 3. The first-order chi connectivity index (χ1) is 16.7. The average Bonchev–Trinajstić information content (AvgIpc) is 3.45. The van der Waals surface area contributed by atoms with E-state index in [0.717, 1.165) is 12.1 Å². The summed E-state index contributed by atoms with van der Waals surface area (Å²) in [5.74, 6) is 2.98. The number of methoxy groups -OCH3 is 1. The Morgan fingerprint density at radius 2 is 2.11 bits per heavy atom. The summed E-state index contributed by atoms with van der Waals surface area (Å²) in [5.41, 5.74) is 1.20. The second-order valence-electron chi connectivity index (χ2n) is 8.25. The van der Waals surface area contributed by atoms with Gasteiger partial charge in [-0.3, -0.25) is 0 Å². The summed E-state index contributed by atoms with van der Waals surface area (Å²) in [6, 6.07) is 3.63. The third kappa shape index (κ3) is 4.99. The third-order valence-corrected chi connectivity index (χ3v) is 5.82. The van der Waals surface area contributed by atoms with Crippen molar-refractivity contribution in [2.45, 2.75) is 51.7 Å². The zero-order valence-corrected chi connectivity index (χ0v) is 19.7. The van der Waals surface area contributed by atoms with E-state index in [-0.39, 0.29) is 17.9 Å². The summed E-state index contributed by atoms with van der Waals surface area (Å²) < 4.78 is 49.6. The van der Waals surface area contributed by atoms with Crippen LogP contribution in [0.4, 0.5) is 13.2 Å². The molecule has 3 aromatic heterocycles. The quantitative estimate of drug-likeness (QED) is 0.358. The lowest BCUT2D eigenvalue weighted by atomic mass is 9.89. The Balaban J connectivity index is 1.69. The molecule has 4 rings (SSSR count). The number of pyridine rings is 1.